The Morgan fingerprint density at radius 3 is 2.57 bits per heavy atom. The monoisotopic (exact) mass is 195 g/mol. The number of carbonyl (C=O) groups excluding carboxylic acids is 1. The smallest absolute Gasteiger partial charge is 0.407 e. The molecule has 1 aliphatic heterocycles. The van der Waals surface area contributed by atoms with E-state index in [1.54, 1.807) is 0 Å². The Bertz CT molecular complexity index is 300. The van der Waals surface area contributed by atoms with Crippen molar-refractivity contribution in [3.8, 4) is 0 Å². The van der Waals surface area contributed by atoms with Crippen molar-refractivity contribution in [2.45, 2.75) is 38.6 Å². The molecule has 1 saturated heterocycles. The molecule has 0 radical (unpaired) electrons. The third-order valence-electron chi connectivity index (χ3n) is 5.06. The summed E-state index contributed by atoms with van der Waals surface area (Å²) in [5.41, 5.74) is 0.162. The number of hydrogen-bond donors (Lipinski definition) is 1. The van der Waals surface area contributed by atoms with E-state index in [0.717, 1.165) is 5.92 Å². The molecule has 0 aromatic heterocycles. The van der Waals surface area contributed by atoms with E-state index in [1.807, 2.05) is 0 Å². The molecule has 1 N–H and O–H groups in total. The third kappa shape index (κ3) is 0.733. The van der Waals surface area contributed by atoms with Crippen molar-refractivity contribution in [1.29, 1.82) is 0 Å². The molecular formula is C11H17NO2. The first-order valence-corrected chi connectivity index (χ1v) is 5.51. The standard InChI is InChI=1S/C11H17NO2/c1-10(2)7-3-4-8(5-7)11(10)6-14-9(13)12-11/h7-8H,3-6H2,1-2H3,(H,12,13)/t7-,8-,11+/m0/s1. The van der Waals surface area contributed by atoms with Gasteiger partial charge < -0.3 is 10.1 Å². The summed E-state index contributed by atoms with van der Waals surface area (Å²) >= 11 is 0. The highest BCUT2D eigenvalue weighted by molar-refractivity contribution is 5.71. The Morgan fingerprint density at radius 1 is 1.36 bits per heavy atom. The zero-order valence-electron chi connectivity index (χ0n) is 8.80. The van der Waals surface area contributed by atoms with Crippen molar-refractivity contribution in [2.24, 2.45) is 17.3 Å². The molecule has 1 amide bonds. The van der Waals surface area contributed by atoms with Crippen LogP contribution >= 0.6 is 0 Å². The normalized spacial score (nSPS) is 48.3. The Morgan fingerprint density at radius 2 is 2.07 bits per heavy atom. The maximum absolute atomic E-state index is 11.2. The Kier molecular flexibility index (Phi) is 1.38. The fourth-order valence-corrected chi connectivity index (χ4v) is 3.98. The predicted octanol–water partition coefficient (Wildman–Crippen LogP) is 1.92. The van der Waals surface area contributed by atoms with Gasteiger partial charge in [0.2, 0.25) is 0 Å². The van der Waals surface area contributed by atoms with Gasteiger partial charge in [-0.2, -0.15) is 0 Å². The van der Waals surface area contributed by atoms with Crippen LogP contribution in [0.15, 0.2) is 0 Å². The Hall–Kier alpha value is -0.730. The van der Waals surface area contributed by atoms with Crippen LogP contribution in [0.1, 0.15) is 33.1 Å². The summed E-state index contributed by atoms with van der Waals surface area (Å²) in [4.78, 5) is 11.2. The maximum atomic E-state index is 11.2. The van der Waals surface area contributed by atoms with E-state index in [2.05, 4.69) is 19.2 Å². The lowest BCUT2D eigenvalue weighted by atomic mass is 9.64. The molecular weight excluding hydrogens is 178 g/mol. The van der Waals surface area contributed by atoms with Gasteiger partial charge in [-0.15, -0.1) is 0 Å². The molecule has 3 aliphatic rings. The second-order valence-corrected chi connectivity index (χ2v) is 5.60. The first-order valence-electron chi connectivity index (χ1n) is 5.51. The minimum absolute atomic E-state index is 0.0486. The number of ether oxygens (including phenoxy) is 1. The summed E-state index contributed by atoms with van der Waals surface area (Å²) < 4.78 is 5.13. The van der Waals surface area contributed by atoms with Crippen molar-refractivity contribution in [3.05, 3.63) is 0 Å². The lowest BCUT2D eigenvalue weighted by Gasteiger charge is -2.45. The highest BCUT2D eigenvalue weighted by Crippen LogP contribution is 2.62. The molecule has 3 fully saturated rings. The molecule has 78 valence electrons. The molecule has 3 atom stereocenters. The lowest BCUT2D eigenvalue weighted by Crippen LogP contribution is -2.58. The zero-order valence-corrected chi connectivity index (χ0v) is 8.80. The summed E-state index contributed by atoms with van der Waals surface area (Å²) in [6, 6.07) is 0. The van der Waals surface area contributed by atoms with E-state index in [-0.39, 0.29) is 17.0 Å². The van der Waals surface area contributed by atoms with E-state index in [4.69, 9.17) is 4.74 Å². The van der Waals surface area contributed by atoms with Crippen molar-refractivity contribution >= 4 is 6.09 Å². The Labute approximate surface area is 84.2 Å². The number of amides is 1. The van der Waals surface area contributed by atoms with Crippen LogP contribution in [0.25, 0.3) is 0 Å². The van der Waals surface area contributed by atoms with Gasteiger partial charge in [-0.3, -0.25) is 0 Å². The molecule has 3 heteroatoms. The van der Waals surface area contributed by atoms with Gasteiger partial charge in [0.05, 0.1) is 5.54 Å². The molecule has 0 unspecified atom stereocenters. The second kappa shape index (κ2) is 2.26. The SMILES string of the molecule is CC1(C)[C@H]2CC[C@@H](C2)[C@]12COC(=O)N2. The quantitative estimate of drug-likeness (QED) is 0.641. The number of cyclic esters (lactones) is 1. The second-order valence-electron chi connectivity index (χ2n) is 5.60. The fourth-order valence-electron chi connectivity index (χ4n) is 3.98. The number of nitrogens with one attached hydrogen (secondary N) is 1. The topological polar surface area (TPSA) is 38.3 Å². The zero-order chi connectivity index (χ0) is 9.97. The molecule has 2 bridgehead atoms. The van der Waals surface area contributed by atoms with E-state index < -0.39 is 0 Å². The van der Waals surface area contributed by atoms with Gasteiger partial charge in [0.25, 0.3) is 0 Å². The van der Waals surface area contributed by atoms with Crippen molar-refractivity contribution in [1.82, 2.24) is 5.32 Å². The summed E-state index contributed by atoms with van der Waals surface area (Å²) in [6.45, 7) is 5.15. The minimum atomic E-state index is -0.217. The largest absolute Gasteiger partial charge is 0.447 e. The minimum Gasteiger partial charge on any atom is -0.447 e. The first kappa shape index (κ1) is 8.57. The van der Waals surface area contributed by atoms with Gasteiger partial charge in [0.15, 0.2) is 0 Å². The number of carbonyl (C=O) groups is 1. The van der Waals surface area contributed by atoms with Gasteiger partial charge in [-0.05, 0) is 36.5 Å². The molecule has 2 saturated carbocycles. The van der Waals surface area contributed by atoms with Crippen LogP contribution in [-0.4, -0.2) is 18.2 Å². The summed E-state index contributed by atoms with van der Waals surface area (Å²) in [5, 5.41) is 3.09. The van der Waals surface area contributed by atoms with Gasteiger partial charge >= 0.3 is 6.09 Å². The van der Waals surface area contributed by atoms with E-state index >= 15 is 0 Å². The van der Waals surface area contributed by atoms with Crippen LogP contribution in [-0.2, 0) is 4.74 Å². The highest BCUT2D eigenvalue weighted by atomic mass is 16.6. The van der Waals surface area contributed by atoms with Crippen LogP contribution in [0.3, 0.4) is 0 Å². The average Bonchev–Trinajstić information content (AvgIpc) is 2.72. The third-order valence-corrected chi connectivity index (χ3v) is 5.06. The van der Waals surface area contributed by atoms with E-state index in [1.165, 1.54) is 19.3 Å². The molecule has 3 rings (SSSR count). The maximum Gasteiger partial charge on any atom is 0.407 e. The molecule has 0 aromatic carbocycles. The predicted molar refractivity (Wildman–Crippen MR) is 51.8 cm³/mol. The van der Waals surface area contributed by atoms with Crippen LogP contribution in [0.5, 0.6) is 0 Å². The van der Waals surface area contributed by atoms with Crippen molar-refractivity contribution < 1.29 is 9.53 Å². The summed E-state index contributed by atoms with van der Waals surface area (Å²) in [5.74, 6) is 1.42. The molecule has 1 heterocycles. The van der Waals surface area contributed by atoms with Gasteiger partial charge in [-0.1, -0.05) is 13.8 Å². The van der Waals surface area contributed by atoms with Crippen LogP contribution in [0.4, 0.5) is 4.79 Å². The summed E-state index contributed by atoms with van der Waals surface area (Å²) in [7, 11) is 0. The fraction of sp³-hybridized carbons (Fsp3) is 0.909. The average molecular weight is 195 g/mol. The molecule has 1 spiro atoms. The number of fused-ring (bicyclic) bond motifs is 3. The molecule has 3 nitrogen and oxygen atoms in total. The van der Waals surface area contributed by atoms with E-state index in [9.17, 15) is 4.79 Å². The number of rotatable bonds is 0. The molecule has 2 aliphatic carbocycles. The Balaban J connectivity index is 2.02. The van der Waals surface area contributed by atoms with Crippen molar-refractivity contribution in [2.75, 3.05) is 6.61 Å². The van der Waals surface area contributed by atoms with Crippen LogP contribution in [0.2, 0.25) is 0 Å². The molecule has 0 aromatic rings. The number of hydrogen-bond acceptors (Lipinski definition) is 2. The van der Waals surface area contributed by atoms with E-state index in [0.29, 0.717) is 12.5 Å². The van der Waals surface area contributed by atoms with Crippen LogP contribution < -0.4 is 5.32 Å². The first-order chi connectivity index (χ1) is 6.56. The lowest BCUT2D eigenvalue weighted by molar-refractivity contribution is 0.0550. The highest BCUT2D eigenvalue weighted by Gasteiger charge is 2.66. The number of alkyl carbamates (subject to hydrolysis) is 1. The molecule has 14 heavy (non-hydrogen) atoms. The van der Waals surface area contributed by atoms with Gasteiger partial charge in [-0.25, -0.2) is 4.79 Å². The van der Waals surface area contributed by atoms with Gasteiger partial charge in [0.1, 0.15) is 6.61 Å². The van der Waals surface area contributed by atoms with Crippen molar-refractivity contribution in [3.63, 3.8) is 0 Å². The summed E-state index contributed by atoms with van der Waals surface area (Å²) in [6.07, 6.45) is 3.65. The van der Waals surface area contributed by atoms with Gasteiger partial charge in [0, 0.05) is 0 Å². The van der Waals surface area contributed by atoms with Crippen LogP contribution in [0, 0.1) is 17.3 Å².